The van der Waals surface area contributed by atoms with Gasteiger partial charge in [-0.15, -0.1) is 0 Å². The molecule has 0 saturated carbocycles. The normalized spacial score (nSPS) is 10.2. The van der Waals surface area contributed by atoms with Gasteiger partial charge in [0.2, 0.25) is 0 Å². The Hall–Kier alpha value is -2.71. The molecule has 25 heavy (non-hydrogen) atoms. The van der Waals surface area contributed by atoms with Crippen LogP contribution in [-0.4, -0.2) is 34.8 Å². The predicted octanol–water partition coefficient (Wildman–Crippen LogP) is 3.22. The average molecular weight is 360 g/mol. The fourth-order valence-electron chi connectivity index (χ4n) is 2.37. The Kier molecular flexibility index (Phi) is 6.67. The molecule has 0 unspecified atom stereocenters. The minimum Gasteiger partial charge on any atom is -0.395 e. The van der Waals surface area contributed by atoms with Gasteiger partial charge in [-0.1, -0.05) is 12.1 Å². The van der Waals surface area contributed by atoms with Gasteiger partial charge in [0, 0.05) is 30.5 Å². The molecule has 2 aromatic carbocycles. The van der Waals surface area contributed by atoms with E-state index in [0.29, 0.717) is 12.2 Å². The first-order valence-corrected chi connectivity index (χ1v) is 8.23. The lowest BCUT2D eigenvalue weighted by Crippen LogP contribution is -2.26. The quantitative estimate of drug-likeness (QED) is 0.397. The molecule has 0 aliphatic heterocycles. The number of rotatable bonds is 7. The van der Waals surface area contributed by atoms with Crippen LogP contribution in [0.1, 0.15) is 6.92 Å². The Morgan fingerprint density at radius 1 is 1.20 bits per heavy atom. The van der Waals surface area contributed by atoms with E-state index in [2.05, 4.69) is 10.6 Å². The average Bonchev–Trinajstić information content (AvgIpc) is 2.60. The van der Waals surface area contributed by atoms with E-state index in [1.807, 2.05) is 36.1 Å². The zero-order valence-corrected chi connectivity index (χ0v) is 14.6. The number of nitrogens with zero attached hydrogens (tertiary/aromatic N) is 2. The number of thiocarbonyl (C=S) groups is 1. The summed E-state index contributed by atoms with van der Waals surface area (Å²) >= 11 is 5.22. The number of aliphatic hydroxyl groups excluding tert-OH is 1. The van der Waals surface area contributed by atoms with Crippen molar-refractivity contribution in [3.8, 4) is 0 Å². The van der Waals surface area contributed by atoms with Gasteiger partial charge in [0.05, 0.1) is 11.5 Å². The molecule has 8 heteroatoms. The second kappa shape index (κ2) is 8.95. The number of nitro groups is 1. The zero-order chi connectivity index (χ0) is 18.2. The predicted molar refractivity (Wildman–Crippen MR) is 104 cm³/mol. The summed E-state index contributed by atoms with van der Waals surface area (Å²) in [6.07, 6.45) is 0. The molecule has 0 fully saturated rings. The fourth-order valence-corrected chi connectivity index (χ4v) is 2.60. The molecule has 0 atom stereocenters. The van der Waals surface area contributed by atoms with Crippen molar-refractivity contribution in [1.82, 2.24) is 0 Å². The second-order valence-electron chi connectivity index (χ2n) is 5.20. The lowest BCUT2D eigenvalue weighted by atomic mass is 10.2. The zero-order valence-electron chi connectivity index (χ0n) is 13.8. The molecule has 0 aliphatic rings. The molecule has 0 amide bonds. The number of hydrogen-bond acceptors (Lipinski definition) is 5. The molecular weight excluding hydrogens is 340 g/mol. The number of nitro benzene ring substituents is 1. The Labute approximate surface area is 151 Å². The van der Waals surface area contributed by atoms with Crippen LogP contribution in [0.5, 0.6) is 0 Å². The van der Waals surface area contributed by atoms with Crippen LogP contribution in [0, 0.1) is 10.1 Å². The van der Waals surface area contributed by atoms with Gasteiger partial charge in [-0.3, -0.25) is 10.1 Å². The summed E-state index contributed by atoms with van der Waals surface area (Å²) in [6.45, 7) is 3.48. The van der Waals surface area contributed by atoms with Crippen molar-refractivity contribution in [2.24, 2.45) is 0 Å². The van der Waals surface area contributed by atoms with Gasteiger partial charge in [-0.25, -0.2) is 0 Å². The third-order valence-corrected chi connectivity index (χ3v) is 3.80. The van der Waals surface area contributed by atoms with Gasteiger partial charge >= 0.3 is 0 Å². The van der Waals surface area contributed by atoms with Gasteiger partial charge in [0.1, 0.15) is 5.69 Å². The molecule has 3 N–H and O–H groups in total. The monoisotopic (exact) mass is 360 g/mol. The first-order chi connectivity index (χ1) is 12.0. The molecule has 2 rings (SSSR count). The van der Waals surface area contributed by atoms with Crippen molar-refractivity contribution in [1.29, 1.82) is 0 Å². The maximum Gasteiger partial charge on any atom is 0.292 e. The van der Waals surface area contributed by atoms with E-state index in [0.717, 1.165) is 17.9 Å². The third kappa shape index (κ3) is 5.13. The highest BCUT2D eigenvalue weighted by atomic mass is 32.1. The van der Waals surface area contributed by atoms with Crippen LogP contribution >= 0.6 is 12.2 Å². The van der Waals surface area contributed by atoms with Gasteiger partial charge in [0.25, 0.3) is 5.69 Å². The minimum absolute atomic E-state index is 0.0374. The number of anilines is 3. The molecule has 0 bridgehead atoms. The maximum atomic E-state index is 11.0. The highest BCUT2D eigenvalue weighted by Gasteiger charge is 2.13. The number of hydrogen-bond donors (Lipinski definition) is 3. The van der Waals surface area contributed by atoms with E-state index >= 15 is 0 Å². The van der Waals surface area contributed by atoms with Gasteiger partial charge in [-0.05, 0) is 49.5 Å². The van der Waals surface area contributed by atoms with E-state index in [1.54, 1.807) is 18.2 Å². The van der Waals surface area contributed by atoms with Crippen molar-refractivity contribution in [3.63, 3.8) is 0 Å². The summed E-state index contributed by atoms with van der Waals surface area (Å²) in [5.41, 5.74) is 2.06. The number of benzene rings is 2. The van der Waals surface area contributed by atoms with Crippen LogP contribution in [0.4, 0.5) is 22.7 Å². The number of likely N-dealkylation sites (N-methyl/N-ethyl adjacent to an activating group) is 1. The minimum atomic E-state index is -0.458. The summed E-state index contributed by atoms with van der Waals surface area (Å²) in [6, 6.07) is 13.9. The van der Waals surface area contributed by atoms with Crippen LogP contribution in [0.15, 0.2) is 48.5 Å². The summed E-state index contributed by atoms with van der Waals surface area (Å²) in [7, 11) is 0. The van der Waals surface area contributed by atoms with Crippen LogP contribution in [-0.2, 0) is 0 Å². The van der Waals surface area contributed by atoms with E-state index in [9.17, 15) is 10.1 Å². The van der Waals surface area contributed by atoms with Gasteiger partial charge in [0.15, 0.2) is 5.11 Å². The van der Waals surface area contributed by atoms with Crippen molar-refractivity contribution in [2.75, 3.05) is 35.2 Å². The smallest absolute Gasteiger partial charge is 0.292 e. The summed E-state index contributed by atoms with van der Waals surface area (Å²) in [5.74, 6) is 0. The molecule has 0 saturated heterocycles. The largest absolute Gasteiger partial charge is 0.395 e. The Morgan fingerprint density at radius 2 is 1.88 bits per heavy atom. The van der Waals surface area contributed by atoms with Gasteiger partial charge in [-0.2, -0.15) is 0 Å². The molecule has 7 nitrogen and oxygen atoms in total. The lowest BCUT2D eigenvalue weighted by molar-refractivity contribution is -0.383. The van der Waals surface area contributed by atoms with E-state index in [1.165, 1.54) is 6.07 Å². The fraction of sp³-hybridized carbons (Fsp3) is 0.235. The second-order valence-corrected chi connectivity index (χ2v) is 5.61. The van der Waals surface area contributed by atoms with Crippen molar-refractivity contribution >= 4 is 40.1 Å². The van der Waals surface area contributed by atoms with E-state index in [4.69, 9.17) is 17.3 Å². The summed E-state index contributed by atoms with van der Waals surface area (Å²) in [5, 5.41) is 26.2. The van der Waals surface area contributed by atoms with Crippen LogP contribution < -0.4 is 15.5 Å². The maximum absolute atomic E-state index is 11.0. The van der Waals surface area contributed by atoms with Crippen molar-refractivity contribution in [2.45, 2.75) is 6.92 Å². The van der Waals surface area contributed by atoms with Crippen molar-refractivity contribution < 1.29 is 10.0 Å². The van der Waals surface area contributed by atoms with Crippen molar-refractivity contribution in [3.05, 3.63) is 58.6 Å². The standard InChI is InChI=1S/C17H20N4O3S/c1-2-20(11-12-22)14-9-7-13(8-10-14)18-17(25)19-15-5-3-4-6-16(15)21(23)24/h3-10,22H,2,11-12H2,1H3,(H2,18,19,25). The Morgan fingerprint density at radius 3 is 2.48 bits per heavy atom. The molecule has 0 aromatic heterocycles. The number of nitrogens with one attached hydrogen (secondary N) is 2. The van der Waals surface area contributed by atoms with E-state index < -0.39 is 4.92 Å². The number of aliphatic hydroxyl groups is 1. The molecule has 0 spiro atoms. The van der Waals surface area contributed by atoms with Crippen LogP contribution in [0.3, 0.4) is 0 Å². The molecule has 132 valence electrons. The highest BCUT2D eigenvalue weighted by Crippen LogP contribution is 2.23. The molecule has 0 heterocycles. The Balaban J connectivity index is 2.03. The summed E-state index contributed by atoms with van der Waals surface area (Å²) < 4.78 is 0. The van der Waals surface area contributed by atoms with Crippen LogP contribution in [0.2, 0.25) is 0 Å². The molecule has 0 radical (unpaired) electrons. The first-order valence-electron chi connectivity index (χ1n) is 7.82. The topological polar surface area (TPSA) is 90.7 Å². The SMILES string of the molecule is CCN(CCO)c1ccc(NC(=S)Nc2ccccc2[N+](=O)[O-])cc1. The van der Waals surface area contributed by atoms with E-state index in [-0.39, 0.29) is 17.4 Å². The van der Waals surface area contributed by atoms with Crippen LogP contribution in [0.25, 0.3) is 0 Å². The highest BCUT2D eigenvalue weighted by molar-refractivity contribution is 7.80. The van der Waals surface area contributed by atoms with Gasteiger partial charge < -0.3 is 20.6 Å². The third-order valence-electron chi connectivity index (χ3n) is 3.59. The Bertz CT molecular complexity index is 737. The number of para-hydroxylation sites is 2. The molecule has 0 aliphatic carbocycles. The molecule has 2 aromatic rings. The molecular formula is C17H20N4O3S. The summed E-state index contributed by atoms with van der Waals surface area (Å²) in [4.78, 5) is 12.6. The first kappa shape index (κ1) is 18.6. The lowest BCUT2D eigenvalue weighted by Gasteiger charge is -2.22.